The molecule has 0 aromatic heterocycles. The Kier molecular flexibility index (Phi) is 4.25. The Morgan fingerprint density at radius 3 is 2.35 bits per heavy atom. The highest BCUT2D eigenvalue weighted by atomic mass is 16.4. The average Bonchev–Trinajstić information content (AvgIpc) is 2.48. The normalized spacial score (nSPS) is 24.4. The lowest BCUT2D eigenvalue weighted by atomic mass is 9.69. The summed E-state index contributed by atoms with van der Waals surface area (Å²) >= 11 is 0. The summed E-state index contributed by atoms with van der Waals surface area (Å²) in [6, 6.07) is -0.102. The lowest BCUT2D eigenvalue weighted by molar-refractivity contribution is -0.153. The molecule has 0 radical (unpaired) electrons. The largest absolute Gasteiger partial charge is 0.481 e. The molecule has 20 heavy (non-hydrogen) atoms. The van der Waals surface area contributed by atoms with Crippen molar-refractivity contribution in [1.82, 2.24) is 10.2 Å². The van der Waals surface area contributed by atoms with E-state index in [1.165, 1.54) is 0 Å². The van der Waals surface area contributed by atoms with Crippen LogP contribution in [0.5, 0.6) is 0 Å². The van der Waals surface area contributed by atoms with Gasteiger partial charge in [-0.05, 0) is 37.5 Å². The van der Waals surface area contributed by atoms with Gasteiger partial charge in [-0.2, -0.15) is 0 Å². The molecule has 2 amide bonds. The predicted octanol–water partition coefficient (Wildman–Crippen LogP) is 2.46. The van der Waals surface area contributed by atoms with Crippen LogP contribution in [-0.2, 0) is 4.79 Å². The highest BCUT2D eigenvalue weighted by Crippen LogP contribution is 2.40. The van der Waals surface area contributed by atoms with Gasteiger partial charge in [0.05, 0.1) is 5.41 Å². The molecular weight excluding hydrogens is 256 g/mol. The van der Waals surface area contributed by atoms with Gasteiger partial charge in [0.15, 0.2) is 0 Å². The number of carbonyl (C=O) groups excluding carboxylic acids is 1. The number of nitrogens with one attached hydrogen (secondary N) is 1. The topological polar surface area (TPSA) is 69.6 Å². The van der Waals surface area contributed by atoms with Crippen molar-refractivity contribution in [3.05, 3.63) is 0 Å². The number of carboxylic acids is 1. The number of carboxylic acid groups (broad SMARTS) is 1. The second-order valence-corrected chi connectivity index (χ2v) is 7.10. The van der Waals surface area contributed by atoms with Gasteiger partial charge in [-0.25, -0.2) is 4.79 Å². The number of aliphatic carboxylic acids is 1. The molecule has 114 valence electrons. The molecule has 1 aliphatic carbocycles. The minimum Gasteiger partial charge on any atom is -0.481 e. The van der Waals surface area contributed by atoms with Crippen molar-refractivity contribution >= 4 is 12.0 Å². The Hall–Kier alpha value is -1.26. The molecule has 0 spiro atoms. The van der Waals surface area contributed by atoms with Crippen LogP contribution < -0.4 is 5.32 Å². The van der Waals surface area contributed by atoms with Crippen LogP contribution in [0.25, 0.3) is 0 Å². The quantitative estimate of drug-likeness (QED) is 0.835. The van der Waals surface area contributed by atoms with Crippen molar-refractivity contribution in [1.29, 1.82) is 0 Å². The van der Waals surface area contributed by atoms with Crippen molar-refractivity contribution < 1.29 is 14.7 Å². The van der Waals surface area contributed by atoms with Gasteiger partial charge in [0, 0.05) is 19.6 Å². The van der Waals surface area contributed by atoms with Crippen LogP contribution in [0, 0.1) is 10.8 Å². The zero-order valence-electron chi connectivity index (χ0n) is 12.6. The van der Waals surface area contributed by atoms with Crippen LogP contribution in [-0.4, -0.2) is 41.6 Å². The van der Waals surface area contributed by atoms with Gasteiger partial charge >= 0.3 is 12.0 Å². The monoisotopic (exact) mass is 282 g/mol. The molecule has 5 heteroatoms. The fourth-order valence-electron chi connectivity index (χ4n) is 3.05. The van der Waals surface area contributed by atoms with Crippen LogP contribution in [0.1, 0.15) is 52.4 Å². The van der Waals surface area contributed by atoms with Crippen LogP contribution in [0.4, 0.5) is 4.79 Å². The molecule has 5 nitrogen and oxygen atoms in total. The van der Waals surface area contributed by atoms with Crippen molar-refractivity contribution in [3.8, 4) is 0 Å². The Bertz CT molecular complexity index is 389. The molecular formula is C15H26N2O3. The number of nitrogens with zero attached hydrogens (tertiary/aromatic N) is 1. The number of rotatable bonds is 3. The van der Waals surface area contributed by atoms with Crippen LogP contribution in [0.3, 0.4) is 0 Å². The maximum Gasteiger partial charge on any atom is 0.317 e. The molecule has 2 rings (SSSR count). The van der Waals surface area contributed by atoms with Gasteiger partial charge in [-0.1, -0.05) is 20.3 Å². The summed E-state index contributed by atoms with van der Waals surface area (Å²) in [7, 11) is 0. The molecule has 2 N–H and O–H groups in total. The molecule has 0 unspecified atom stereocenters. The van der Waals surface area contributed by atoms with Crippen molar-refractivity contribution in [2.45, 2.75) is 52.4 Å². The number of urea groups is 1. The molecule has 1 heterocycles. The molecule has 0 atom stereocenters. The number of hydrogen-bond acceptors (Lipinski definition) is 2. The Morgan fingerprint density at radius 1 is 1.10 bits per heavy atom. The van der Waals surface area contributed by atoms with Gasteiger partial charge in [0.1, 0.15) is 0 Å². The van der Waals surface area contributed by atoms with Gasteiger partial charge in [0.2, 0.25) is 0 Å². The summed E-state index contributed by atoms with van der Waals surface area (Å²) in [6.07, 6.45) is 5.45. The number of carbonyl (C=O) groups is 2. The number of amides is 2. The maximum atomic E-state index is 12.2. The average molecular weight is 282 g/mol. The molecule has 2 fully saturated rings. The van der Waals surface area contributed by atoms with Gasteiger partial charge in [-0.15, -0.1) is 0 Å². The van der Waals surface area contributed by atoms with Crippen molar-refractivity contribution in [2.24, 2.45) is 10.8 Å². The van der Waals surface area contributed by atoms with E-state index in [1.54, 1.807) is 0 Å². The van der Waals surface area contributed by atoms with E-state index in [0.717, 1.165) is 38.8 Å². The predicted molar refractivity (Wildman–Crippen MR) is 76.5 cm³/mol. The highest BCUT2D eigenvalue weighted by Gasteiger charge is 2.44. The first-order valence-corrected chi connectivity index (χ1v) is 7.61. The summed E-state index contributed by atoms with van der Waals surface area (Å²) in [5.74, 6) is -0.777. The van der Waals surface area contributed by atoms with Gasteiger partial charge < -0.3 is 15.3 Å². The second kappa shape index (κ2) is 5.62. The summed E-state index contributed by atoms with van der Waals surface area (Å²) in [6.45, 7) is 6.28. The fraction of sp³-hybridized carbons (Fsp3) is 0.867. The molecule has 0 aromatic carbocycles. The first-order valence-electron chi connectivity index (χ1n) is 7.61. The van der Waals surface area contributed by atoms with Crippen molar-refractivity contribution in [3.63, 3.8) is 0 Å². The zero-order valence-corrected chi connectivity index (χ0v) is 12.6. The fourth-order valence-corrected chi connectivity index (χ4v) is 3.05. The Balaban J connectivity index is 1.84. The summed E-state index contributed by atoms with van der Waals surface area (Å²) in [5, 5.41) is 12.1. The van der Waals surface area contributed by atoms with Crippen LogP contribution >= 0.6 is 0 Å². The van der Waals surface area contributed by atoms with E-state index in [2.05, 4.69) is 19.2 Å². The standard InChI is InChI=1S/C15H26N2O3/c1-14(2)5-4-9-17(10-8-14)13(20)16-11-15(12(18)19)6-3-7-15/h3-11H2,1-2H3,(H,16,20)(H,18,19). The summed E-state index contributed by atoms with van der Waals surface area (Å²) in [4.78, 5) is 25.3. The number of likely N-dealkylation sites (tertiary alicyclic amines) is 1. The van der Waals surface area contributed by atoms with E-state index in [1.807, 2.05) is 4.90 Å². The third-order valence-corrected chi connectivity index (χ3v) is 4.97. The molecule has 0 aromatic rings. The Morgan fingerprint density at radius 2 is 1.80 bits per heavy atom. The Labute approximate surface area is 120 Å². The third-order valence-electron chi connectivity index (χ3n) is 4.97. The summed E-state index contributed by atoms with van der Waals surface area (Å²) in [5.41, 5.74) is -0.411. The molecule has 1 saturated heterocycles. The minimum absolute atomic E-state index is 0.102. The second-order valence-electron chi connectivity index (χ2n) is 7.10. The van der Waals surface area contributed by atoms with Crippen LogP contribution in [0.15, 0.2) is 0 Å². The first-order chi connectivity index (χ1) is 9.35. The SMILES string of the molecule is CC1(C)CCCN(C(=O)NCC2(C(=O)O)CCC2)CC1. The smallest absolute Gasteiger partial charge is 0.317 e. The van der Waals surface area contributed by atoms with Crippen molar-refractivity contribution in [2.75, 3.05) is 19.6 Å². The molecule has 2 aliphatic rings. The van der Waals surface area contributed by atoms with Gasteiger partial charge in [0.25, 0.3) is 0 Å². The van der Waals surface area contributed by atoms with E-state index in [9.17, 15) is 14.7 Å². The highest BCUT2D eigenvalue weighted by molar-refractivity contribution is 5.79. The molecule has 0 bridgehead atoms. The van der Waals surface area contributed by atoms with E-state index in [4.69, 9.17) is 0 Å². The zero-order chi connectivity index (χ0) is 14.8. The van der Waals surface area contributed by atoms with E-state index in [-0.39, 0.29) is 12.6 Å². The van der Waals surface area contributed by atoms with Gasteiger partial charge in [-0.3, -0.25) is 4.79 Å². The maximum absolute atomic E-state index is 12.2. The lowest BCUT2D eigenvalue weighted by Gasteiger charge is -2.38. The molecule has 1 saturated carbocycles. The lowest BCUT2D eigenvalue weighted by Crippen LogP contribution is -2.50. The van der Waals surface area contributed by atoms with E-state index < -0.39 is 11.4 Å². The first kappa shape index (κ1) is 15.1. The third kappa shape index (κ3) is 3.25. The number of hydrogen-bond donors (Lipinski definition) is 2. The molecule has 1 aliphatic heterocycles. The van der Waals surface area contributed by atoms with E-state index in [0.29, 0.717) is 18.3 Å². The summed E-state index contributed by atoms with van der Waals surface area (Å²) < 4.78 is 0. The van der Waals surface area contributed by atoms with Crippen LogP contribution in [0.2, 0.25) is 0 Å². The minimum atomic E-state index is -0.777. The van der Waals surface area contributed by atoms with E-state index >= 15 is 0 Å².